The van der Waals surface area contributed by atoms with Crippen LogP contribution in [0, 0.1) is 18.8 Å². The number of carbonyl (C=O) groups excluding carboxylic acids is 1. The summed E-state index contributed by atoms with van der Waals surface area (Å²) < 4.78 is 0. The molecule has 2 aliphatic rings. The molecule has 2 fully saturated rings. The maximum Gasteiger partial charge on any atom is 0.227 e. The van der Waals surface area contributed by atoms with E-state index in [1.807, 2.05) is 13.0 Å². The smallest absolute Gasteiger partial charge is 0.227 e. The number of likely N-dealkylation sites (tertiary alicyclic amines) is 2. The molecule has 2 aliphatic heterocycles. The van der Waals surface area contributed by atoms with Gasteiger partial charge in [-0.3, -0.25) is 14.7 Å². The SMILES string of the molecule is Cc1cccc(CN2C[C@H]3CN(CCN(C)C)C(=O)[C@H]3C2)n1. The lowest BCUT2D eigenvalue weighted by Gasteiger charge is -2.22. The molecule has 120 valence electrons. The summed E-state index contributed by atoms with van der Waals surface area (Å²) in [6, 6.07) is 6.16. The average Bonchev–Trinajstić information content (AvgIpc) is 2.96. The second-order valence-corrected chi connectivity index (χ2v) is 6.92. The van der Waals surface area contributed by atoms with Crippen molar-refractivity contribution in [2.75, 3.05) is 46.8 Å². The molecule has 5 nitrogen and oxygen atoms in total. The Kier molecular flexibility index (Phi) is 4.45. The largest absolute Gasteiger partial charge is 0.341 e. The highest BCUT2D eigenvalue weighted by atomic mass is 16.2. The van der Waals surface area contributed by atoms with Crippen LogP contribution in [0.4, 0.5) is 0 Å². The van der Waals surface area contributed by atoms with Crippen molar-refractivity contribution >= 4 is 5.91 Å². The lowest BCUT2D eigenvalue weighted by molar-refractivity contribution is -0.131. The minimum Gasteiger partial charge on any atom is -0.341 e. The second kappa shape index (κ2) is 6.34. The third-order valence-corrected chi connectivity index (χ3v) is 4.75. The lowest BCUT2D eigenvalue weighted by atomic mass is 10.0. The van der Waals surface area contributed by atoms with Crippen LogP contribution in [0.5, 0.6) is 0 Å². The fraction of sp³-hybridized carbons (Fsp3) is 0.647. The number of likely N-dealkylation sites (N-methyl/N-ethyl adjacent to an activating group) is 1. The van der Waals surface area contributed by atoms with Gasteiger partial charge in [-0.15, -0.1) is 0 Å². The summed E-state index contributed by atoms with van der Waals surface area (Å²) in [6.07, 6.45) is 0. The van der Waals surface area contributed by atoms with E-state index in [-0.39, 0.29) is 5.92 Å². The van der Waals surface area contributed by atoms with E-state index in [4.69, 9.17) is 0 Å². The van der Waals surface area contributed by atoms with Gasteiger partial charge >= 0.3 is 0 Å². The number of carbonyl (C=O) groups is 1. The molecule has 0 N–H and O–H groups in total. The fourth-order valence-electron chi connectivity index (χ4n) is 3.60. The molecule has 3 rings (SSSR count). The first-order chi connectivity index (χ1) is 10.5. The van der Waals surface area contributed by atoms with Crippen LogP contribution in [0.2, 0.25) is 0 Å². The third-order valence-electron chi connectivity index (χ3n) is 4.75. The van der Waals surface area contributed by atoms with Crippen LogP contribution in [-0.2, 0) is 11.3 Å². The molecule has 3 heterocycles. The van der Waals surface area contributed by atoms with Crippen molar-refractivity contribution in [2.45, 2.75) is 13.5 Å². The van der Waals surface area contributed by atoms with Gasteiger partial charge in [0.1, 0.15) is 0 Å². The number of pyridine rings is 1. The summed E-state index contributed by atoms with van der Waals surface area (Å²) in [6.45, 7) is 7.52. The minimum absolute atomic E-state index is 0.201. The van der Waals surface area contributed by atoms with E-state index in [0.717, 1.165) is 50.7 Å². The number of rotatable bonds is 5. The Bertz CT molecular complexity index is 545. The van der Waals surface area contributed by atoms with Crippen LogP contribution in [0.3, 0.4) is 0 Å². The van der Waals surface area contributed by atoms with Crippen molar-refractivity contribution < 1.29 is 4.79 Å². The van der Waals surface area contributed by atoms with Gasteiger partial charge in [-0.2, -0.15) is 0 Å². The van der Waals surface area contributed by atoms with Gasteiger partial charge in [0.15, 0.2) is 0 Å². The topological polar surface area (TPSA) is 39.7 Å². The number of nitrogens with zero attached hydrogens (tertiary/aromatic N) is 4. The Labute approximate surface area is 132 Å². The van der Waals surface area contributed by atoms with Crippen molar-refractivity contribution in [3.8, 4) is 0 Å². The van der Waals surface area contributed by atoms with Crippen molar-refractivity contribution in [1.29, 1.82) is 0 Å². The van der Waals surface area contributed by atoms with Gasteiger partial charge in [-0.25, -0.2) is 0 Å². The Morgan fingerprint density at radius 1 is 1.27 bits per heavy atom. The zero-order valence-electron chi connectivity index (χ0n) is 13.8. The molecule has 2 atom stereocenters. The van der Waals surface area contributed by atoms with E-state index in [2.05, 4.69) is 45.9 Å². The molecule has 5 heteroatoms. The fourth-order valence-corrected chi connectivity index (χ4v) is 3.60. The summed E-state index contributed by atoms with van der Waals surface area (Å²) >= 11 is 0. The Morgan fingerprint density at radius 2 is 2.09 bits per heavy atom. The van der Waals surface area contributed by atoms with Crippen LogP contribution in [0.15, 0.2) is 18.2 Å². The molecule has 2 saturated heterocycles. The first kappa shape index (κ1) is 15.4. The van der Waals surface area contributed by atoms with Gasteiger partial charge in [0.2, 0.25) is 5.91 Å². The van der Waals surface area contributed by atoms with Crippen molar-refractivity contribution in [2.24, 2.45) is 11.8 Å². The van der Waals surface area contributed by atoms with E-state index in [1.165, 1.54) is 0 Å². The van der Waals surface area contributed by atoms with Crippen LogP contribution in [0.25, 0.3) is 0 Å². The van der Waals surface area contributed by atoms with Gasteiger partial charge in [0, 0.05) is 50.9 Å². The number of fused-ring (bicyclic) bond motifs is 1. The Balaban J connectivity index is 1.55. The summed E-state index contributed by atoms with van der Waals surface area (Å²) in [7, 11) is 4.11. The predicted molar refractivity (Wildman–Crippen MR) is 86.4 cm³/mol. The van der Waals surface area contributed by atoms with E-state index in [1.54, 1.807) is 0 Å². The van der Waals surface area contributed by atoms with E-state index >= 15 is 0 Å². The molecule has 0 unspecified atom stereocenters. The molecule has 0 bridgehead atoms. The number of aryl methyl sites for hydroxylation is 1. The minimum atomic E-state index is 0.201. The van der Waals surface area contributed by atoms with E-state index < -0.39 is 0 Å². The van der Waals surface area contributed by atoms with Crippen molar-refractivity contribution in [1.82, 2.24) is 19.7 Å². The lowest BCUT2D eigenvalue weighted by Crippen LogP contribution is -2.36. The Hall–Kier alpha value is -1.46. The highest BCUT2D eigenvalue weighted by Crippen LogP contribution is 2.32. The molecule has 1 aromatic rings. The van der Waals surface area contributed by atoms with Gasteiger partial charge in [0.25, 0.3) is 0 Å². The Morgan fingerprint density at radius 3 is 2.77 bits per heavy atom. The summed E-state index contributed by atoms with van der Waals surface area (Å²) in [5.41, 5.74) is 2.17. The molecule has 0 saturated carbocycles. The number of amides is 1. The molecule has 0 radical (unpaired) electrons. The molecule has 0 aliphatic carbocycles. The van der Waals surface area contributed by atoms with E-state index in [9.17, 15) is 4.79 Å². The molecular weight excluding hydrogens is 276 g/mol. The van der Waals surface area contributed by atoms with Crippen LogP contribution in [0.1, 0.15) is 11.4 Å². The summed E-state index contributed by atoms with van der Waals surface area (Å²) in [5.74, 6) is 1.05. The zero-order chi connectivity index (χ0) is 15.7. The standard InChI is InChI=1S/C17H26N4O/c1-13-5-4-6-15(18-13)11-20-9-14-10-21(8-7-19(2)3)17(22)16(14)12-20/h4-6,14,16H,7-12H2,1-3H3/t14-,16-/m0/s1. The molecule has 1 aromatic heterocycles. The zero-order valence-corrected chi connectivity index (χ0v) is 13.8. The van der Waals surface area contributed by atoms with Crippen LogP contribution < -0.4 is 0 Å². The molecule has 0 spiro atoms. The van der Waals surface area contributed by atoms with Gasteiger partial charge in [-0.05, 0) is 33.2 Å². The quantitative estimate of drug-likeness (QED) is 0.808. The normalized spacial score (nSPS) is 25.3. The highest BCUT2D eigenvalue weighted by Gasteiger charge is 2.45. The monoisotopic (exact) mass is 302 g/mol. The van der Waals surface area contributed by atoms with E-state index in [0.29, 0.717) is 11.8 Å². The molecular formula is C17H26N4O. The van der Waals surface area contributed by atoms with Crippen molar-refractivity contribution in [3.63, 3.8) is 0 Å². The molecule has 1 amide bonds. The maximum atomic E-state index is 12.5. The molecule has 0 aromatic carbocycles. The second-order valence-electron chi connectivity index (χ2n) is 6.92. The maximum absolute atomic E-state index is 12.5. The highest BCUT2D eigenvalue weighted by molar-refractivity contribution is 5.82. The van der Waals surface area contributed by atoms with Gasteiger partial charge < -0.3 is 9.80 Å². The van der Waals surface area contributed by atoms with Gasteiger partial charge in [-0.1, -0.05) is 6.07 Å². The molecule has 22 heavy (non-hydrogen) atoms. The summed E-state index contributed by atoms with van der Waals surface area (Å²) in [5, 5.41) is 0. The number of aromatic nitrogens is 1. The number of hydrogen-bond donors (Lipinski definition) is 0. The first-order valence-electron chi connectivity index (χ1n) is 8.11. The van der Waals surface area contributed by atoms with Crippen LogP contribution >= 0.6 is 0 Å². The first-order valence-corrected chi connectivity index (χ1v) is 8.11. The van der Waals surface area contributed by atoms with Crippen molar-refractivity contribution in [3.05, 3.63) is 29.6 Å². The predicted octanol–water partition coefficient (Wildman–Crippen LogP) is 0.842. The number of hydrogen-bond acceptors (Lipinski definition) is 4. The summed E-state index contributed by atoms with van der Waals surface area (Å²) in [4.78, 5) is 23.7. The average molecular weight is 302 g/mol. The van der Waals surface area contributed by atoms with Gasteiger partial charge in [0.05, 0.1) is 11.6 Å². The van der Waals surface area contributed by atoms with Crippen LogP contribution in [-0.4, -0.2) is 72.4 Å². The third kappa shape index (κ3) is 3.31.